The normalized spacial score (nSPS) is 11.8. The number of hydrogen-bond acceptors (Lipinski definition) is 4. The lowest BCUT2D eigenvalue weighted by molar-refractivity contribution is 0.682. The number of hydrogen-bond donors (Lipinski definition) is 1. The van der Waals surface area contributed by atoms with Crippen molar-refractivity contribution in [2.45, 2.75) is 17.2 Å². The van der Waals surface area contributed by atoms with Gasteiger partial charge in [-0.05, 0) is 29.8 Å². The molecule has 0 radical (unpaired) electrons. The molecular formula is C24H20ClN3OS. The maximum atomic E-state index is 12.9. The lowest BCUT2D eigenvalue weighted by Crippen LogP contribution is -2.07. The molecule has 4 rings (SSSR count). The van der Waals surface area contributed by atoms with Crippen molar-refractivity contribution in [2.75, 3.05) is 5.32 Å². The van der Waals surface area contributed by atoms with Crippen molar-refractivity contribution >= 4 is 28.2 Å². The standard InChI is InChI=1S/C24H20ClN3OS/c25-20-11-13-22(14-12-20)30(29)17-21-15-23(26-16-18-7-3-1-4-8-18)28-24(27-21)19-9-5-2-6-10-19/h1-15H,16-17H2,(H,26,27,28)/t30-/m0/s1. The molecule has 0 aliphatic carbocycles. The fourth-order valence-corrected chi connectivity index (χ4v) is 4.12. The summed E-state index contributed by atoms with van der Waals surface area (Å²) < 4.78 is 12.9. The molecule has 1 heterocycles. The molecule has 0 aliphatic heterocycles. The van der Waals surface area contributed by atoms with Crippen LogP contribution in [0.25, 0.3) is 11.4 Å². The second-order valence-electron chi connectivity index (χ2n) is 6.72. The van der Waals surface area contributed by atoms with E-state index in [0.717, 1.165) is 16.0 Å². The van der Waals surface area contributed by atoms with Gasteiger partial charge in [0.1, 0.15) is 5.82 Å². The first-order valence-corrected chi connectivity index (χ1v) is 11.2. The Labute approximate surface area is 183 Å². The average Bonchev–Trinajstić information content (AvgIpc) is 2.79. The number of benzene rings is 3. The summed E-state index contributed by atoms with van der Waals surface area (Å²) in [7, 11) is -1.23. The minimum Gasteiger partial charge on any atom is -0.366 e. The summed E-state index contributed by atoms with van der Waals surface area (Å²) in [6, 6.07) is 28.8. The van der Waals surface area contributed by atoms with Gasteiger partial charge in [-0.25, -0.2) is 9.97 Å². The molecule has 30 heavy (non-hydrogen) atoms. The number of aromatic nitrogens is 2. The van der Waals surface area contributed by atoms with Gasteiger partial charge >= 0.3 is 0 Å². The molecule has 0 fully saturated rings. The summed E-state index contributed by atoms with van der Waals surface area (Å²) >= 11 is 5.94. The molecule has 4 aromatic rings. The van der Waals surface area contributed by atoms with E-state index >= 15 is 0 Å². The van der Waals surface area contributed by atoms with Crippen LogP contribution in [0.1, 0.15) is 11.3 Å². The zero-order valence-corrected chi connectivity index (χ0v) is 17.7. The molecule has 3 aromatic carbocycles. The van der Waals surface area contributed by atoms with Crippen molar-refractivity contribution in [1.29, 1.82) is 0 Å². The summed E-state index contributed by atoms with van der Waals surface area (Å²) in [4.78, 5) is 10.1. The molecule has 1 atom stereocenters. The van der Waals surface area contributed by atoms with E-state index in [0.29, 0.717) is 34.7 Å². The Balaban J connectivity index is 1.61. The number of anilines is 1. The summed E-state index contributed by atoms with van der Waals surface area (Å²) in [5, 5.41) is 3.99. The predicted molar refractivity (Wildman–Crippen MR) is 123 cm³/mol. The van der Waals surface area contributed by atoms with Gasteiger partial charge < -0.3 is 5.32 Å². The first-order valence-electron chi connectivity index (χ1n) is 9.52. The van der Waals surface area contributed by atoms with Crippen LogP contribution < -0.4 is 5.32 Å². The van der Waals surface area contributed by atoms with E-state index in [9.17, 15) is 4.21 Å². The second kappa shape index (κ2) is 9.65. The topological polar surface area (TPSA) is 54.9 Å². The molecule has 1 N–H and O–H groups in total. The van der Waals surface area contributed by atoms with Gasteiger partial charge in [-0.3, -0.25) is 4.21 Å². The highest BCUT2D eigenvalue weighted by Gasteiger charge is 2.11. The average molecular weight is 434 g/mol. The van der Waals surface area contributed by atoms with E-state index in [1.54, 1.807) is 24.3 Å². The number of nitrogens with zero attached hydrogens (tertiary/aromatic N) is 2. The van der Waals surface area contributed by atoms with Gasteiger partial charge in [0.25, 0.3) is 0 Å². The van der Waals surface area contributed by atoms with E-state index in [2.05, 4.69) is 27.4 Å². The van der Waals surface area contributed by atoms with Crippen LogP contribution >= 0.6 is 11.6 Å². The molecule has 0 saturated carbocycles. The second-order valence-corrected chi connectivity index (χ2v) is 8.60. The minimum absolute atomic E-state index is 0.296. The van der Waals surface area contributed by atoms with Gasteiger partial charge in [0.2, 0.25) is 0 Å². The zero-order valence-electron chi connectivity index (χ0n) is 16.2. The zero-order chi connectivity index (χ0) is 20.8. The number of rotatable bonds is 7. The Morgan fingerprint density at radius 1 is 0.833 bits per heavy atom. The Hall–Kier alpha value is -3.02. The maximum absolute atomic E-state index is 12.9. The van der Waals surface area contributed by atoms with Crippen molar-refractivity contribution in [1.82, 2.24) is 9.97 Å². The van der Waals surface area contributed by atoms with E-state index in [4.69, 9.17) is 11.6 Å². The van der Waals surface area contributed by atoms with Crippen LogP contribution in [0.2, 0.25) is 5.02 Å². The highest BCUT2D eigenvalue weighted by molar-refractivity contribution is 7.84. The largest absolute Gasteiger partial charge is 0.366 e. The summed E-state index contributed by atoms with van der Waals surface area (Å²) in [5.74, 6) is 1.61. The van der Waals surface area contributed by atoms with Crippen LogP contribution in [-0.2, 0) is 23.1 Å². The van der Waals surface area contributed by atoms with Crippen molar-refractivity contribution in [3.8, 4) is 11.4 Å². The Bertz CT molecular complexity index is 1140. The molecular weight excluding hydrogens is 414 g/mol. The fraction of sp³-hybridized carbons (Fsp3) is 0.0833. The van der Waals surface area contributed by atoms with E-state index in [1.165, 1.54) is 0 Å². The predicted octanol–water partition coefficient (Wildman–Crippen LogP) is 5.72. The van der Waals surface area contributed by atoms with Crippen LogP contribution in [0.5, 0.6) is 0 Å². The van der Waals surface area contributed by atoms with Crippen molar-refractivity contribution < 1.29 is 4.21 Å². The molecule has 0 bridgehead atoms. The molecule has 0 unspecified atom stereocenters. The van der Waals surface area contributed by atoms with Gasteiger partial charge in [0.15, 0.2) is 5.82 Å². The SMILES string of the molecule is O=[S@@](Cc1cc(NCc2ccccc2)nc(-c2ccccc2)n1)c1ccc(Cl)cc1. The summed E-state index contributed by atoms with van der Waals surface area (Å²) in [6.07, 6.45) is 0. The van der Waals surface area contributed by atoms with Crippen LogP contribution in [-0.4, -0.2) is 14.2 Å². The van der Waals surface area contributed by atoms with Crippen LogP contribution in [0.3, 0.4) is 0 Å². The van der Waals surface area contributed by atoms with Crippen molar-refractivity contribution in [3.05, 3.63) is 107 Å². The first-order chi connectivity index (χ1) is 14.7. The number of nitrogens with one attached hydrogen (secondary N) is 1. The van der Waals surface area contributed by atoms with Crippen molar-refractivity contribution in [2.24, 2.45) is 0 Å². The molecule has 0 saturated heterocycles. The van der Waals surface area contributed by atoms with Crippen LogP contribution in [0, 0.1) is 0 Å². The smallest absolute Gasteiger partial charge is 0.161 e. The lowest BCUT2D eigenvalue weighted by atomic mass is 10.2. The maximum Gasteiger partial charge on any atom is 0.161 e. The highest BCUT2D eigenvalue weighted by atomic mass is 35.5. The lowest BCUT2D eigenvalue weighted by Gasteiger charge is -2.11. The van der Waals surface area contributed by atoms with Gasteiger partial charge in [0.05, 0.1) is 22.2 Å². The molecule has 0 aliphatic rings. The van der Waals surface area contributed by atoms with Gasteiger partial charge in [-0.2, -0.15) is 0 Å². The molecule has 1 aromatic heterocycles. The highest BCUT2D eigenvalue weighted by Crippen LogP contribution is 2.21. The van der Waals surface area contributed by atoms with Crippen molar-refractivity contribution in [3.63, 3.8) is 0 Å². The quantitative estimate of drug-likeness (QED) is 0.405. The van der Waals surface area contributed by atoms with Crippen LogP contribution in [0.4, 0.5) is 5.82 Å². The third-order valence-corrected chi connectivity index (χ3v) is 6.09. The Morgan fingerprint density at radius 2 is 1.50 bits per heavy atom. The summed E-state index contributed by atoms with van der Waals surface area (Å²) in [6.45, 7) is 0.645. The first kappa shape index (κ1) is 20.3. The van der Waals surface area contributed by atoms with E-state index in [-0.39, 0.29) is 0 Å². The number of halogens is 1. The molecule has 0 amide bonds. The Kier molecular flexibility index (Phi) is 6.52. The third kappa shape index (κ3) is 5.32. The molecule has 150 valence electrons. The fourth-order valence-electron chi connectivity index (χ4n) is 2.97. The summed E-state index contributed by atoms with van der Waals surface area (Å²) in [5.41, 5.74) is 2.79. The van der Waals surface area contributed by atoms with Gasteiger partial charge in [-0.1, -0.05) is 72.3 Å². The molecule has 6 heteroatoms. The van der Waals surface area contributed by atoms with E-state index in [1.807, 2.05) is 54.6 Å². The van der Waals surface area contributed by atoms with E-state index < -0.39 is 10.8 Å². The van der Waals surface area contributed by atoms with Gasteiger partial charge in [-0.15, -0.1) is 0 Å². The molecule has 4 nitrogen and oxygen atoms in total. The molecule has 0 spiro atoms. The third-order valence-electron chi connectivity index (χ3n) is 4.48. The van der Waals surface area contributed by atoms with Crippen LogP contribution in [0.15, 0.2) is 95.9 Å². The minimum atomic E-state index is -1.23. The Morgan fingerprint density at radius 3 is 2.20 bits per heavy atom. The monoisotopic (exact) mass is 433 g/mol. The van der Waals surface area contributed by atoms with Gasteiger partial charge in [0, 0.05) is 28.1 Å².